The Morgan fingerprint density at radius 2 is 2.13 bits per heavy atom. The number of amides is 1. The summed E-state index contributed by atoms with van der Waals surface area (Å²) < 4.78 is 0. The van der Waals surface area contributed by atoms with Crippen LogP contribution in [0, 0.1) is 5.92 Å². The van der Waals surface area contributed by atoms with Gasteiger partial charge in [0.15, 0.2) is 0 Å². The molecular weight excluding hydrogens is 559 g/mol. The van der Waals surface area contributed by atoms with Crippen molar-refractivity contribution in [3.05, 3.63) is 57.5 Å². The first-order valence-corrected chi connectivity index (χ1v) is 14.8. The largest absolute Gasteiger partial charge is 0.372 e. The van der Waals surface area contributed by atoms with Gasteiger partial charge in [-0.3, -0.25) is 9.69 Å². The van der Waals surface area contributed by atoms with Crippen LogP contribution in [0.3, 0.4) is 0 Å². The maximum Gasteiger partial charge on any atom is 0.240 e. The van der Waals surface area contributed by atoms with E-state index in [0.717, 1.165) is 30.0 Å². The van der Waals surface area contributed by atoms with Crippen LogP contribution in [0.4, 0.5) is 5.13 Å². The highest BCUT2D eigenvalue weighted by atomic mass is 35.5. The van der Waals surface area contributed by atoms with E-state index >= 15 is 0 Å². The van der Waals surface area contributed by atoms with Crippen LogP contribution in [-0.2, 0) is 11.2 Å². The highest BCUT2D eigenvalue weighted by Gasteiger charge is 2.40. The van der Waals surface area contributed by atoms with Gasteiger partial charge in [-0.15, -0.1) is 10.2 Å². The topological polar surface area (TPSA) is 136 Å². The Morgan fingerprint density at radius 1 is 1.31 bits per heavy atom. The number of carbonyl (C=O) groups excluding carboxylic acids is 1. The lowest BCUT2D eigenvalue weighted by Crippen LogP contribution is -2.63. The number of piperazine rings is 1. The molecule has 0 bridgehead atoms. The molecule has 1 saturated heterocycles. The lowest BCUT2D eigenvalue weighted by atomic mass is 9.94. The number of nitrogens with two attached hydrogens (primary N) is 1. The Bertz CT molecular complexity index is 1180. The van der Waals surface area contributed by atoms with E-state index in [0.29, 0.717) is 47.7 Å². The number of carbonyl (C=O) groups is 1. The fraction of sp³-hybridized carbons (Fsp3) is 0.538. The SMILES string of the molecule is CC(C)C[C@@H]1CN(C(=O)[C@H](N)Cc2ccc(Cl)cc2Cl)C(CCCNc2nncs2)CN1C(O)c1cnc[nH]1. The fourth-order valence-electron chi connectivity index (χ4n) is 5.14. The average Bonchev–Trinajstić information content (AvgIpc) is 3.62. The summed E-state index contributed by atoms with van der Waals surface area (Å²) in [7, 11) is 0. The summed E-state index contributed by atoms with van der Waals surface area (Å²) in [6.45, 7) is 5.97. The van der Waals surface area contributed by atoms with E-state index in [9.17, 15) is 9.90 Å². The summed E-state index contributed by atoms with van der Waals surface area (Å²) in [6.07, 6.45) is 5.01. The molecule has 2 aromatic heterocycles. The molecule has 0 radical (unpaired) electrons. The van der Waals surface area contributed by atoms with Crippen LogP contribution in [0.2, 0.25) is 10.0 Å². The van der Waals surface area contributed by atoms with E-state index in [1.54, 1.807) is 30.2 Å². The summed E-state index contributed by atoms with van der Waals surface area (Å²) >= 11 is 13.9. The van der Waals surface area contributed by atoms with Crippen LogP contribution in [-0.4, -0.2) is 78.7 Å². The molecule has 10 nitrogen and oxygen atoms in total. The van der Waals surface area contributed by atoms with Gasteiger partial charge in [0.25, 0.3) is 0 Å². The Balaban J connectivity index is 1.52. The number of aliphatic hydroxyl groups is 1. The molecule has 1 amide bonds. The summed E-state index contributed by atoms with van der Waals surface area (Å²) in [5, 5.41) is 24.3. The number of aromatic amines is 1. The molecule has 1 aromatic carbocycles. The first kappa shape index (κ1) is 29.7. The van der Waals surface area contributed by atoms with Crippen molar-refractivity contribution in [2.24, 2.45) is 11.7 Å². The quantitative estimate of drug-likeness (QED) is 0.231. The van der Waals surface area contributed by atoms with Gasteiger partial charge in [-0.25, -0.2) is 4.98 Å². The van der Waals surface area contributed by atoms with Crippen molar-refractivity contribution in [2.45, 2.75) is 63.9 Å². The number of halogens is 2. The zero-order valence-corrected chi connectivity index (χ0v) is 24.5. The minimum Gasteiger partial charge on any atom is -0.372 e. The van der Waals surface area contributed by atoms with Crippen molar-refractivity contribution < 1.29 is 9.90 Å². The van der Waals surface area contributed by atoms with E-state index in [4.69, 9.17) is 28.9 Å². The average molecular weight is 596 g/mol. The Morgan fingerprint density at radius 3 is 2.79 bits per heavy atom. The van der Waals surface area contributed by atoms with Crippen LogP contribution in [0.1, 0.15) is 50.6 Å². The van der Waals surface area contributed by atoms with Crippen molar-refractivity contribution in [2.75, 3.05) is 25.0 Å². The number of H-pyrrole nitrogens is 1. The van der Waals surface area contributed by atoms with Crippen LogP contribution in [0.5, 0.6) is 0 Å². The van der Waals surface area contributed by atoms with E-state index < -0.39 is 12.3 Å². The minimum absolute atomic E-state index is 0.0469. The van der Waals surface area contributed by atoms with E-state index in [-0.39, 0.29) is 18.0 Å². The summed E-state index contributed by atoms with van der Waals surface area (Å²) in [5.74, 6) is 0.255. The number of benzene rings is 1. The Kier molecular flexibility index (Phi) is 10.6. The molecule has 5 N–H and O–H groups in total. The van der Waals surface area contributed by atoms with Gasteiger partial charge in [0.2, 0.25) is 11.0 Å². The molecule has 1 aliphatic rings. The number of aromatic nitrogens is 4. The molecule has 39 heavy (non-hydrogen) atoms. The molecule has 4 rings (SSSR count). The number of anilines is 1. The molecule has 3 aromatic rings. The van der Waals surface area contributed by atoms with Gasteiger partial charge in [0.05, 0.1) is 24.3 Å². The van der Waals surface area contributed by atoms with Crippen LogP contribution in [0.25, 0.3) is 0 Å². The highest BCUT2D eigenvalue weighted by molar-refractivity contribution is 7.13. The van der Waals surface area contributed by atoms with Crippen molar-refractivity contribution in [3.8, 4) is 0 Å². The number of nitrogens with one attached hydrogen (secondary N) is 2. The smallest absolute Gasteiger partial charge is 0.240 e. The second-order valence-corrected chi connectivity index (χ2v) is 12.0. The van der Waals surface area contributed by atoms with Gasteiger partial charge in [-0.1, -0.05) is 54.5 Å². The highest BCUT2D eigenvalue weighted by Crippen LogP contribution is 2.30. The van der Waals surface area contributed by atoms with Crippen molar-refractivity contribution in [1.82, 2.24) is 30.0 Å². The predicted molar refractivity (Wildman–Crippen MR) is 155 cm³/mol. The van der Waals surface area contributed by atoms with Crippen LogP contribution >= 0.6 is 34.5 Å². The number of rotatable bonds is 12. The molecule has 0 saturated carbocycles. The maximum absolute atomic E-state index is 13.8. The van der Waals surface area contributed by atoms with Gasteiger partial charge in [0, 0.05) is 41.8 Å². The summed E-state index contributed by atoms with van der Waals surface area (Å²) in [5.41, 5.74) is 9.60. The monoisotopic (exact) mass is 594 g/mol. The number of nitrogens with zero attached hydrogens (tertiary/aromatic N) is 5. The van der Waals surface area contributed by atoms with Gasteiger partial charge < -0.3 is 26.0 Å². The number of hydrogen-bond acceptors (Lipinski definition) is 9. The van der Waals surface area contributed by atoms with Gasteiger partial charge in [-0.05, 0) is 49.3 Å². The molecular formula is C26H36Cl2N8O2S. The molecule has 1 aliphatic heterocycles. The molecule has 0 aliphatic carbocycles. The zero-order valence-electron chi connectivity index (χ0n) is 22.1. The van der Waals surface area contributed by atoms with E-state index in [1.165, 1.54) is 11.3 Å². The van der Waals surface area contributed by atoms with Gasteiger partial charge >= 0.3 is 0 Å². The number of aliphatic hydroxyl groups excluding tert-OH is 1. The summed E-state index contributed by atoms with van der Waals surface area (Å²) in [6, 6.07) is 4.29. The second kappa shape index (κ2) is 13.9. The van der Waals surface area contributed by atoms with E-state index in [2.05, 4.69) is 44.2 Å². The Hall–Kier alpha value is -2.28. The lowest BCUT2D eigenvalue weighted by molar-refractivity contribution is -0.146. The molecule has 3 heterocycles. The molecule has 0 spiro atoms. The van der Waals surface area contributed by atoms with Crippen molar-refractivity contribution in [3.63, 3.8) is 0 Å². The lowest BCUT2D eigenvalue weighted by Gasteiger charge is -2.49. The van der Waals surface area contributed by atoms with Crippen LogP contribution in [0.15, 0.2) is 36.2 Å². The fourth-order valence-corrected chi connectivity index (χ4v) is 6.10. The maximum atomic E-state index is 13.8. The van der Waals surface area contributed by atoms with Crippen molar-refractivity contribution in [1.29, 1.82) is 0 Å². The first-order valence-electron chi connectivity index (χ1n) is 13.1. The normalized spacial score (nSPS) is 19.8. The van der Waals surface area contributed by atoms with Crippen molar-refractivity contribution >= 4 is 45.6 Å². The predicted octanol–water partition coefficient (Wildman–Crippen LogP) is 3.95. The standard InChI is InChI=1S/C26H36Cl2N8O2S/c1-16(2)8-20-13-35(24(37)22(29)9-17-5-6-18(27)10-21(17)28)19(4-3-7-31-26-34-33-15-39-26)12-36(20)25(38)23-11-30-14-32-23/h5-6,10-11,14-16,19-20,22,25,38H,3-4,7-9,12-13,29H2,1-2H3,(H,30,32)(H,31,34)/t19?,20-,22-,25?/m1/s1. The number of hydrogen-bond donors (Lipinski definition) is 4. The number of imidazole rings is 1. The molecule has 1 fully saturated rings. The van der Waals surface area contributed by atoms with Crippen LogP contribution < -0.4 is 11.1 Å². The zero-order chi connectivity index (χ0) is 27.9. The Labute approximate surface area is 242 Å². The summed E-state index contributed by atoms with van der Waals surface area (Å²) in [4.78, 5) is 25.0. The molecule has 13 heteroatoms. The third-order valence-corrected chi connectivity index (χ3v) is 8.24. The third kappa shape index (κ3) is 7.90. The molecule has 2 unspecified atom stereocenters. The molecule has 4 atom stereocenters. The first-order chi connectivity index (χ1) is 18.7. The second-order valence-electron chi connectivity index (χ2n) is 10.4. The van der Waals surface area contributed by atoms with Gasteiger partial charge in [0.1, 0.15) is 11.7 Å². The molecule has 212 valence electrons. The third-order valence-electron chi connectivity index (χ3n) is 7.00. The minimum atomic E-state index is -0.850. The van der Waals surface area contributed by atoms with Gasteiger partial charge in [-0.2, -0.15) is 0 Å². The van der Waals surface area contributed by atoms with E-state index in [1.807, 2.05) is 11.0 Å².